The topological polar surface area (TPSA) is 35.2 Å². The molecular formula is C14H21NO. The van der Waals surface area contributed by atoms with Crippen molar-refractivity contribution in [3.8, 4) is 5.75 Å². The maximum absolute atomic E-state index is 6.07. The molecule has 0 saturated heterocycles. The van der Waals surface area contributed by atoms with Crippen molar-refractivity contribution in [2.45, 2.75) is 46.3 Å². The minimum Gasteiger partial charge on any atom is -0.489 e. The number of nitrogens with two attached hydrogens (primary N) is 1. The van der Waals surface area contributed by atoms with Gasteiger partial charge in [0.2, 0.25) is 0 Å². The van der Waals surface area contributed by atoms with Crippen LogP contribution in [0.15, 0.2) is 18.2 Å². The highest BCUT2D eigenvalue weighted by atomic mass is 16.5. The standard InChI is InChI=1S/C14H21NO/c1-9-5-6-10(2)11(7-9)16-13-8-12(15)14(13,3)4/h5-7,12-13H,8,15H2,1-4H3. The van der Waals surface area contributed by atoms with Gasteiger partial charge in [0, 0.05) is 17.9 Å². The smallest absolute Gasteiger partial charge is 0.122 e. The van der Waals surface area contributed by atoms with Crippen LogP contribution in [0.1, 0.15) is 31.4 Å². The van der Waals surface area contributed by atoms with Gasteiger partial charge >= 0.3 is 0 Å². The zero-order chi connectivity index (χ0) is 11.9. The molecular weight excluding hydrogens is 198 g/mol. The first-order valence-corrected chi connectivity index (χ1v) is 5.91. The van der Waals surface area contributed by atoms with E-state index in [1.807, 2.05) is 0 Å². The largest absolute Gasteiger partial charge is 0.489 e. The van der Waals surface area contributed by atoms with Crippen molar-refractivity contribution in [3.05, 3.63) is 29.3 Å². The fraction of sp³-hybridized carbons (Fsp3) is 0.571. The van der Waals surface area contributed by atoms with Crippen molar-refractivity contribution >= 4 is 0 Å². The Hall–Kier alpha value is -1.02. The van der Waals surface area contributed by atoms with E-state index in [1.54, 1.807) is 0 Å². The molecule has 0 amide bonds. The third kappa shape index (κ3) is 1.82. The van der Waals surface area contributed by atoms with Gasteiger partial charge in [-0.05, 0) is 31.0 Å². The number of hydrogen-bond donors (Lipinski definition) is 1. The van der Waals surface area contributed by atoms with Crippen molar-refractivity contribution in [2.75, 3.05) is 0 Å². The molecule has 0 aliphatic heterocycles. The minimum atomic E-state index is 0.0934. The van der Waals surface area contributed by atoms with Gasteiger partial charge in [0.1, 0.15) is 11.9 Å². The SMILES string of the molecule is Cc1ccc(C)c(OC2CC(N)C2(C)C)c1. The molecule has 88 valence electrons. The molecule has 2 heteroatoms. The molecule has 1 aromatic rings. The Kier molecular flexibility index (Phi) is 2.70. The van der Waals surface area contributed by atoms with E-state index >= 15 is 0 Å². The van der Waals surface area contributed by atoms with Crippen molar-refractivity contribution in [1.82, 2.24) is 0 Å². The van der Waals surface area contributed by atoms with E-state index in [9.17, 15) is 0 Å². The fourth-order valence-corrected chi connectivity index (χ4v) is 2.10. The lowest BCUT2D eigenvalue weighted by molar-refractivity contribution is -0.0403. The zero-order valence-corrected chi connectivity index (χ0v) is 10.6. The number of benzene rings is 1. The Labute approximate surface area is 97.8 Å². The molecule has 2 atom stereocenters. The predicted molar refractivity (Wildman–Crippen MR) is 66.7 cm³/mol. The third-order valence-electron chi connectivity index (χ3n) is 3.87. The van der Waals surface area contributed by atoms with E-state index in [0.717, 1.165) is 12.2 Å². The Morgan fingerprint density at radius 2 is 2.00 bits per heavy atom. The summed E-state index contributed by atoms with van der Waals surface area (Å²) in [7, 11) is 0. The molecule has 1 aromatic carbocycles. The highest BCUT2D eigenvalue weighted by Crippen LogP contribution is 2.42. The molecule has 1 aliphatic rings. The summed E-state index contributed by atoms with van der Waals surface area (Å²) in [5.74, 6) is 1.00. The molecule has 0 bridgehead atoms. The van der Waals surface area contributed by atoms with E-state index < -0.39 is 0 Å². The molecule has 0 heterocycles. The molecule has 2 unspecified atom stereocenters. The second-order valence-electron chi connectivity index (χ2n) is 5.54. The molecule has 1 aliphatic carbocycles. The molecule has 0 spiro atoms. The molecule has 2 N–H and O–H groups in total. The summed E-state index contributed by atoms with van der Waals surface area (Å²) in [5.41, 5.74) is 8.52. The molecule has 0 aromatic heterocycles. The average Bonchev–Trinajstić information content (AvgIpc) is 2.23. The molecule has 16 heavy (non-hydrogen) atoms. The predicted octanol–water partition coefficient (Wildman–Crippen LogP) is 2.81. The number of rotatable bonds is 2. The quantitative estimate of drug-likeness (QED) is 0.830. The van der Waals surface area contributed by atoms with Gasteiger partial charge in [-0.1, -0.05) is 26.0 Å². The Bertz CT molecular complexity index is 398. The second kappa shape index (κ2) is 3.77. The fourth-order valence-electron chi connectivity index (χ4n) is 2.10. The summed E-state index contributed by atoms with van der Waals surface area (Å²) in [4.78, 5) is 0. The second-order valence-corrected chi connectivity index (χ2v) is 5.54. The summed E-state index contributed by atoms with van der Waals surface area (Å²) in [6, 6.07) is 6.59. The molecule has 2 nitrogen and oxygen atoms in total. The van der Waals surface area contributed by atoms with Crippen molar-refractivity contribution < 1.29 is 4.74 Å². The summed E-state index contributed by atoms with van der Waals surface area (Å²) >= 11 is 0. The van der Waals surface area contributed by atoms with E-state index in [1.165, 1.54) is 11.1 Å². The number of aryl methyl sites for hydroxylation is 2. The average molecular weight is 219 g/mol. The molecule has 0 radical (unpaired) electrons. The van der Waals surface area contributed by atoms with Crippen molar-refractivity contribution in [3.63, 3.8) is 0 Å². The Morgan fingerprint density at radius 3 is 2.56 bits per heavy atom. The van der Waals surface area contributed by atoms with Gasteiger partial charge in [0.15, 0.2) is 0 Å². The molecule has 1 fully saturated rings. The van der Waals surface area contributed by atoms with Crippen LogP contribution in [0.2, 0.25) is 0 Å². The van der Waals surface area contributed by atoms with Crippen molar-refractivity contribution in [2.24, 2.45) is 11.1 Å². The van der Waals surface area contributed by atoms with Crippen LogP contribution in [0, 0.1) is 19.3 Å². The van der Waals surface area contributed by atoms with Crippen LogP contribution in [0.3, 0.4) is 0 Å². The van der Waals surface area contributed by atoms with Crippen LogP contribution in [-0.4, -0.2) is 12.1 Å². The van der Waals surface area contributed by atoms with E-state index in [4.69, 9.17) is 10.5 Å². The van der Waals surface area contributed by atoms with Gasteiger partial charge in [-0.3, -0.25) is 0 Å². The van der Waals surface area contributed by atoms with Crippen LogP contribution in [0.25, 0.3) is 0 Å². The maximum atomic E-state index is 6.07. The van der Waals surface area contributed by atoms with Gasteiger partial charge in [0.05, 0.1) is 0 Å². The summed E-state index contributed by atoms with van der Waals surface area (Å²) in [5, 5.41) is 0. The Morgan fingerprint density at radius 1 is 1.31 bits per heavy atom. The van der Waals surface area contributed by atoms with Crippen LogP contribution in [0.4, 0.5) is 0 Å². The highest BCUT2D eigenvalue weighted by molar-refractivity contribution is 5.36. The lowest BCUT2D eigenvalue weighted by atomic mass is 9.65. The minimum absolute atomic E-state index is 0.0934. The van der Waals surface area contributed by atoms with E-state index in [2.05, 4.69) is 45.9 Å². The monoisotopic (exact) mass is 219 g/mol. The number of hydrogen-bond acceptors (Lipinski definition) is 2. The van der Waals surface area contributed by atoms with Crippen LogP contribution in [0.5, 0.6) is 5.75 Å². The van der Waals surface area contributed by atoms with Gasteiger partial charge in [-0.15, -0.1) is 0 Å². The normalized spacial score (nSPS) is 27.3. The summed E-state index contributed by atoms with van der Waals surface area (Å²) < 4.78 is 6.07. The zero-order valence-electron chi connectivity index (χ0n) is 10.6. The van der Waals surface area contributed by atoms with E-state index in [0.29, 0.717) is 0 Å². The lowest BCUT2D eigenvalue weighted by Gasteiger charge is -2.49. The van der Waals surface area contributed by atoms with Gasteiger partial charge in [-0.2, -0.15) is 0 Å². The summed E-state index contributed by atoms with van der Waals surface area (Å²) in [6.07, 6.45) is 1.21. The third-order valence-corrected chi connectivity index (χ3v) is 3.87. The van der Waals surface area contributed by atoms with Crippen LogP contribution < -0.4 is 10.5 Å². The summed E-state index contributed by atoms with van der Waals surface area (Å²) in [6.45, 7) is 8.53. The van der Waals surface area contributed by atoms with Crippen LogP contribution in [-0.2, 0) is 0 Å². The van der Waals surface area contributed by atoms with Gasteiger partial charge in [-0.25, -0.2) is 0 Å². The number of ether oxygens (including phenoxy) is 1. The first-order chi connectivity index (χ1) is 7.41. The lowest BCUT2D eigenvalue weighted by Crippen LogP contribution is -2.60. The van der Waals surface area contributed by atoms with Gasteiger partial charge in [0.25, 0.3) is 0 Å². The van der Waals surface area contributed by atoms with Crippen molar-refractivity contribution in [1.29, 1.82) is 0 Å². The van der Waals surface area contributed by atoms with Crippen LogP contribution >= 0.6 is 0 Å². The molecule has 2 rings (SSSR count). The first kappa shape index (κ1) is 11.5. The molecule has 1 saturated carbocycles. The van der Waals surface area contributed by atoms with E-state index in [-0.39, 0.29) is 17.6 Å². The maximum Gasteiger partial charge on any atom is 0.122 e. The first-order valence-electron chi connectivity index (χ1n) is 5.91. The Balaban J connectivity index is 2.13. The van der Waals surface area contributed by atoms with Gasteiger partial charge < -0.3 is 10.5 Å². The highest BCUT2D eigenvalue weighted by Gasteiger charge is 2.48.